The van der Waals surface area contributed by atoms with Crippen LogP contribution in [0.3, 0.4) is 0 Å². The van der Waals surface area contributed by atoms with Crippen molar-refractivity contribution in [2.24, 2.45) is 22.7 Å². The number of unbranched alkanes of at least 4 members (excludes halogenated alkanes) is 5. The molecule has 3 heterocycles. The summed E-state index contributed by atoms with van der Waals surface area (Å²) in [5.41, 5.74) is -1.62. The Bertz CT molecular complexity index is 2030. The summed E-state index contributed by atoms with van der Waals surface area (Å²) in [6.07, 6.45) is 38.4. The van der Waals surface area contributed by atoms with Crippen LogP contribution in [0.2, 0.25) is 0 Å². The lowest BCUT2D eigenvalue weighted by Crippen LogP contribution is -2.48. The van der Waals surface area contributed by atoms with E-state index in [1.165, 1.54) is 78.1 Å². The van der Waals surface area contributed by atoms with Gasteiger partial charge in [-0.2, -0.15) is 0 Å². The molecule has 0 saturated heterocycles. The Morgan fingerprint density at radius 3 is 1.35 bits per heavy atom. The number of hydrogen-bond donors (Lipinski definition) is 0. The predicted molar refractivity (Wildman–Crippen MR) is 306 cm³/mol. The first kappa shape index (κ1) is 72.5. The maximum atomic E-state index is 13.5. The molecule has 0 N–H and O–H groups in total. The van der Waals surface area contributed by atoms with E-state index in [2.05, 4.69) is 51.5 Å². The standard InChI is InChI=1S/C44H54N2O10.C6H14.2C4H10.2C2H6/c1-10-22-31(5)43(6,41(49)51-8)35-23-18-14-12-16-20-26-38-46-34(29-54-38)40(48)56-36(44(7,42(50)52-9)32(11-2)27-30(3)4)24-19-15-13-17-21-25-37-45-33(28-53-37)39(47)55-35;1-3-5-6-4-2;2*1-3-4-2;2*1-2/h10,12-22,25-29,31-32,35-36H,11,23-24H2,1-9H3;3-6H2,1-2H3;2*3-4H2,1-2H3;2*1-2H3/b16-12+,17-13+,18-14-,19-15-,22-10+,25-21+,26-20+;;;;;. The van der Waals surface area contributed by atoms with Crippen molar-refractivity contribution >= 4 is 36.0 Å². The van der Waals surface area contributed by atoms with Gasteiger partial charge in [0.2, 0.25) is 11.8 Å². The van der Waals surface area contributed by atoms with E-state index in [0.717, 1.165) is 5.57 Å². The number of ether oxygens (including phenoxy) is 4. The smallest absolute Gasteiger partial charge is 0.360 e. The van der Waals surface area contributed by atoms with E-state index in [9.17, 15) is 19.2 Å². The molecule has 6 atom stereocenters. The molecule has 12 nitrogen and oxygen atoms in total. The van der Waals surface area contributed by atoms with Crippen LogP contribution in [0.5, 0.6) is 0 Å². The van der Waals surface area contributed by atoms with E-state index in [1.807, 2.05) is 80.5 Å². The first-order chi connectivity index (χ1) is 35.5. The van der Waals surface area contributed by atoms with Gasteiger partial charge in [-0.15, -0.1) is 0 Å². The second-order valence-electron chi connectivity index (χ2n) is 17.6. The summed E-state index contributed by atoms with van der Waals surface area (Å²) in [4.78, 5) is 62.2. The number of carbonyl (C=O) groups excluding carboxylic acids is 4. The largest absolute Gasteiger partial charge is 0.468 e. The Balaban J connectivity index is -0.00000242. The Labute approximate surface area is 449 Å². The molecule has 3 rings (SSSR count). The Morgan fingerprint density at radius 2 is 1.01 bits per heavy atom. The van der Waals surface area contributed by atoms with Gasteiger partial charge in [-0.25, -0.2) is 19.6 Å². The monoisotopic (exact) mass is 1030 g/mol. The number of aromatic nitrogens is 2. The average molecular weight is 1030 g/mol. The summed E-state index contributed by atoms with van der Waals surface area (Å²) in [6, 6.07) is 0. The third-order valence-corrected chi connectivity index (χ3v) is 11.8. The molecule has 0 aromatic carbocycles. The molecule has 1 aliphatic rings. The fourth-order valence-corrected chi connectivity index (χ4v) is 6.90. The molecule has 2 aromatic heterocycles. The van der Waals surface area contributed by atoms with Gasteiger partial charge >= 0.3 is 23.9 Å². The summed E-state index contributed by atoms with van der Waals surface area (Å²) < 4.78 is 33.5. The van der Waals surface area contributed by atoms with Crippen molar-refractivity contribution in [3.63, 3.8) is 0 Å². The maximum Gasteiger partial charge on any atom is 0.360 e. The van der Waals surface area contributed by atoms with Crippen LogP contribution in [-0.2, 0) is 28.5 Å². The summed E-state index contributed by atoms with van der Waals surface area (Å²) >= 11 is 0. The van der Waals surface area contributed by atoms with Crippen LogP contribution in [0.1, 0.15) is 221 Å². The minimum atomic E-state index is -1.25. The van der Waals surface area contributed by atoms with Crippen LogP contribution in [0, 0.1) is 22.7 Å². The summed E-state index contributed by atoms with van der Waals surface area (Å²) in [5, 5.41) is 0. The van der Waals surface area contributed by atoms with Crippen LogP contribution >= 0.6 is 0 Å². The number of allylic oxidation sites excluding steroid dienone is 12. The fourth-order valence-electron chi connectivity index (χ4n) is 6.90. The van der Waals surface area contributed by atoms with Crippen molar-refractivity contribution in [3.05, 3.63) is 120 Å². The number of oxazole rings is 2. The quantitative estimate of drug-likeness (QED) is 0.0764. The normalized spacial score (nSPS) is 19.7. The summed E-state index contributed by atoms with van der Waals surface area (Å²) in [6.45, 7) is 34.2. The molecule has 4 bridgehead atoms. The lowest BCUT2D eigenvalue weighted by Gasteiger charge is -2.39. The number of esters is 4. The highest BCUT2D eigenvalue weighted by atomic mass is 16.6. The highest BCUT2D eigenvalue weighted by Crippen LogP contribution is 2.41. The van der Waals surface area contributed by atoms with Crippen molar-refractivity contribution in [3.8, 4) is 0 Å². The lowest BCUT2D eigenvalue weighted by molar-refractivity contribution is -0.163. The number of carbonyl (C=O) groups is 4. The van der Waals surface area contributed by atoms with Gasteiger partial charge in [0.1, 0.15) is 35.6 Å². The number of hydrogen-bond acceptors (Lipinski definition) is 12. The number of cyclic esters (lactones) is 2. The van der Waals surface area contributed by atoms with E-state index < -0.39 is 46.9 Å². The van der Waals surface area contributed by atoms with Crippen LogP contribution in [0.4, 0.5) is 0 Å². The van der Waals surface area contributed by atoms with Crippen LogP contribution in [0.25, 0.3) is 12.2 Å². The van der Waals surface area contributed by atoms with Gasteiger partial charge in [-0.3, -0.25) is 9.59 Å². The van der Waals surface area contributed by atoms with Crippen molar-refractivity contribution in [1.29, 1.82) is 0 Å². The van der Waals surface area contributed by atoms with Gasteiger partial charge in [-0.1, -0.05) is 219 Å². The van der Waals surface area contributed by atoms with Crippen LogP contribution < -0.4 is 0 Å². The van der Waals surface area contributed by atoms with E-state index >= 15 is 0 Å². The Morgan fingerprint density at radius 1 is 0.635 bits per heavy atom. The molecule has 0 radical (unpaired) electrons. The Kier molecular flexibility index (Phi) is 43.8. The Hall–Kier alpha value is -5.78. The van der Waals surface area contributed by atoms with Crippen LogP contribution in [-0.4, -0.2) is 60.3 Å². The minimum absolute atomic E-state index is 0.0625. The molecule has 0 spiro atoms. The summed E-state index contributed by atoms with van der Waals surface area (Å²) in [5.74, 6) is -2.92. The van der Waals surface area contributed by atoms with Gasteiger partial charge < -0.3 is 27.8 Å². The van der Waals surface area contributed by atoms with Crippen molar-refractivity contribution in [2.45, 2.75) is 201 Å². The second kappa shape index (κ2) is 44.7. The molecular formula is C62H100N2O10. The third kappa shape index (κ3) is 27.0. The zero-order valence-corrected chi connectivity index (χ0v) is 49.4. The fraction of sp³-hybridized carbons (Fsp3) is 0.581. The highest BCUT2D eigenvalue weighted by Gasteiger charge is 2.50. The molecule has 74 heavy (non-hydrogen) atoms. The SMILES string of the molecule is C/C=C/C(C)C(C)(C(=O)OC)C1C\C=C/C=C/C=C/c2nc(co2)C(=O)OC(C(C)(C(=O)OC)C(C=C(C)C)CC)C\C=C/C=C/C=C/c2nc(co2)C(=O)O1.CC.CC.CCCC.CCCC.CCCCCC. The maximum absolute atomic E-state index is 13.5. The molecule has 418 valence electrons. The van der Waals surface area contributed by atoms with Gasteiger partial charge in [0, 0.05) is 25.0 Å². The van der Waals surface area contributed by atoms with E-state index in [1.54, 1.807) is 86.8 Å². The van der Waals surface area contributed by atoms with Crippen molar-refractivity contribution in [2.75, 3.05) is 14.2 Å². The molecule has 12 heteroatoms. The zero-order valence-electron chi connectivity index (χ0n) is 49.4. The van der Waals surface area contributed by atoms with Crippen molar-refractivity contribution in [1.82, 2.24) is 9.97 Å². The molecular weight excluding hydrogens is 933 g/mol. The first-order valence-corrected chi connectivity index (χ1v) is 27.3. The first-order valence-electron chi connectivity index (χ1n) is 27.3. The molecule has 0 amide bonds. The molecule has 0 fully saturated rings. The van der Waals surface area contributed by atoms with Crippen molar-refractivity contribution < 1.29 is 47.0 Å². The number of fused-ring (bicyclic) bond motifs is 4. The van der Waals surface area contributed by atoms with E-state index in [-0.39, 0.29) is 47.8 Å². The average Bonchev–Trinajstić information content (AvgIpc) is 4.11. The number of rotatable bonds is 14. The van der Waals surface area contributed by atoms with E-state index in [0.29, 0.717) is 6.42 Å². The van der Waals surface area contributed by atoms with E-state index in [4.69, 9.17) is 27.8 Å². The molecule has 0 saturated carbocycles. The zero-order chi connectivity index (χ0) is 57.0. The highest BCUT2D eigenvalue weighted by molar-refractivity contribution is 5.88. The third-order valence-electron chi connectivity index (χ3n) is 11.8. The van der Waals surface area contributed by atoms with Crippen LogP contribution in [0.15, 0.2) is 106 Å². The lowest BCUT2D eigenvalue weighted by atomic mass is 9.69. The van der Waals surface area contributed by atoms with Gasteiger partial charge in [0.05, 0.1) is 14.2 Å². The van der Waals surface area contributed by atoms with Gasteiger partial charge in [0.25, 0.3) is 0 Å². The summed E-state index contributed by atoms with van der Waals surface area (Å²) in [7, 11) is 2.61. The predicted octanol–water partition coefficient (Wildman–Crippen LogP) is 17.3. The topological polar surface area (TPSA) is 157 Å². The minimum Gasteiger partial charge on any atom is -0.468 e. The molecule has 1 aliphatic heterocycles. The molecule has 2 aromatic rings. The number of nitrogens with zero attached hydrogens (tertiary/aromatic N) is 2. The van der Waals surface area contributed by atoms with Gasteiger partial charge in [0.15, 0.2) is 11.4 Å². The second-order valence-corrected chi connectivity index (χ2v) is 17.6. The number of methoxy groups -OCH3 is 2. The van der Waals surface area contributed by atoms with Gasteiger partial charge in [-0.05, 0) is 52.9 Å². The molecule has 6 unspecified atom stereocenters. The molecule has 0 aliphatic carbocycles.